The first-order valence-electron chi connectivity index (χ1n) is 8.21. The lowest BCUT2D eigenvalue weighted by molar-refractivity contribution is 0.0187. The van der Waals surface area contributed by atoms with Crippen molar-refractivity contribution in [3.63, 3.8) is 0 Å². The van der Waals surface area contributed by atoms with Gasteiger partial charge >= 0.3 is 0 Å². The molecule has 25 heavy (non-hydrogen) atoms. The van der Waals surface area contributed by atoms with Gasteiger partial charge in [0.15, 0.2) is 5.96 Å². The maximum atomic E-state index is 6.07. The molecule has 1 unspecified atom stereocenters. The van der Waals surface area contributed by atoms with E-state index in [-0.39, 0.29) is 30.0 Å². The van der Waals surface area contributed by atoms with Crippen molar-refractivity contribution in [2.45, 2.75) is 13.0 Å². The largest absolute Gasteiger partial charge is 0.379 e. The topological polar surface area (TPSA) is 62.9 Å². The van der Waals surface area contributed by atoms with Crippen molar-refractivity contribution < 1.29 is 4.74 Å². The molecule has 1 saturated heterocycles. The third-order valence-corrected chi connectivity index (χ3v) is 5.09. The molecule has 136 valence electrons. The number of aliphatic imine (C=N–C) groups is 1. The molecule has 2 aromatic rings. The summed E-state index contributed by atoms with van der Waals surface area (Å²) in [6.45, 7) is 6.14. The van der Waals surface area contributed by atoms with E-state index in [1.165, 1.54) is 10.4 Å². The number of nitrogens with two attached hydrogens (primary N) is 1. The Morgan fingerprint density at radius 1 is 1.28 bits per heavy atom. The lowest BCUT2D eigenvalue weighted by Gasteiger charge is -2.33. The number of rotatable bonds is 5. The Morgan fingerprint density at radius 3 is 2.64 bits per heavy atom. The summed E-state index contributed by atoms with van der Waals surface area (Å²) in [5.74, 6) is 0.452. The van der Waals surface area contributed by atoms with Crippen molar-refractivity contribution in [3.8, 4) is 0 Å². The molecule has 2 heterocycles. The number of nitrogens with zero attached hydrogens (tertiary/aromatic N) is 2. The summed E-state index contributed by atoms with van der Waals surface area (Å²) in [5, 5.41) is 5.27. The number of morpholine rings is 1. The van der Waals surface area contributed by atoms with Crippen LogP contribution in [0.3, 0.4) is 0 Å². The van der Waals surface area contributed by atoms with Crippen molar-refractivity contribution in [1.82, 2.24) is 4.90 Å². The molecular weight excluding hydrogens is 447 g/mol. The van der Waals surface area contributed by atoms with Gasteiger partial charge in [-0.2, -0.15) is 0 Å². The summed E-state index contributed by atoms with van der Waals surface area (Å²) in [5.41, 5.74) is 8.26. The van der Waals surface area contributed by atoms with E-state index in [1.54, 1.807) is 11.3 Å². The fourth-order valence-electron chi connectivity index (χ4n) is 2.76. The molecular formula is C18H25IN4OS. The number of hydrogen-bond donors (Lipinski definition) is 2. The summed E-state index contributed by atoms with van der Waals surface area (Å²) in [4.78, 5) is 8.33. The number of halogens is 1. The number of thiophene rings is 1. The van der Waals surface area contributed by atoms with E-state index in [1.807, 2.05) is 12.1 Å². The van der Waals surface area contributed by atoms with Crippen LogP contribution in [0.15, 0.2) is 46.8 Å². The third-order valence-electron chi connectivity index (χ3n) is 4.12. The molecule has 0 radical (unpaired) electrons. The minimum Gasteiger partial charge on any atom is -0.379 e. The highest BCUT2D eigenvalue weighted by molar-refractivity contribution is 14.0. The monoisotopic (exact) mass is 472 g/mol. The summed E-state index contributed by atoms with van der Waals surface area (Å²) >= 11 is 1.77. The normalized spacial score (nSPS) is 16.9. The molecule has 7 heteroatoms. The van der Waals surface area contributed by atoms with Gasteiger partial charge in [0, 0.05) is 23.7 Å². The van der Waals surface area contributed by atoms with Crippen molar-refractivity contribution >= 4 is 47.0 Å². The van der Waals surface area contributed by atoms with Crippen molar-refractivity contribution in [2.24, 2.45) is 10.7 Å². The van der Waals surface area contributed by atoms with E-state index in [9.17, 15) is 0 Å². The van der Waals surface area contributed by atoms with Gasteiger partial charge in [-0.1, -0.05) is 23.8 Å². The SMILES string of the molecule is Cc1ccc(NC(N)=NCC(c2cccs2)N2CCOCC2)cc1.I. The van der Waals surface area contributed by atoms with Gasteiger partial charge < -0.3 is 15.8 Å². The molecule has 1 atom stereocenters. The summed E-state index contributed by atoms with van der Waals surface area (Å²) in [6.07, 6.45) is 0. The molecule has 3 rings (SSSR count). The molecule has 0 aliphatic carbocycles. The van der Waals surface area contributed by atoms with Gasteiger partial charge in [0.2, 0.25) is 0 Å². The lowest BCUT2D eigenvalue weighted by atomic mass is 10.2. The molecule has 0 bridgehead atoms. The van der Waals surface area contributed by atoms with E-state index in [2.05, 4.69) is 51.8 Å². The number of nitrogens with one attached hydrogen (secondary N) is 1. The highest BCUT2D eigenvalue weighted by atomic mass is 127. The molecule has 1 aromatic carbocycles. The van der Waals surface area contributed by atoms with Gasteiger partial charge in [-0.25, -0.2) is 0 Å². The van der Waals surface area contributed by atoms with Crippen LogP contribution in [0.4, 0.5) is 5.69 Å². The number of ether oxygens (including phenoxy) is 1. The predicted molar refractivity (Wildman–Crippen MR) is 116 cm³/mol. The fraction of sp³-hybridized carbons (Fsp3) is 0.389. The van der Waals surface area contributed by atoms with Gasteiger partial charge in [0.1, 0.15) is 0 Å². The standard InChI is InChI=1S/C18H24N4OS.HI/c1-14-4-6-15(7-5-14)21-18(19)20-13-16(17-3-2-12-24-17)22-8-10-23-11-9-22;/h2-7,12,16H,8-11,13H2,1H3,(H3,19,20,21);1H. The summed E-state index contributed by atoms with van der Waals surface area (Å²) < 4.78 is 5.47. The maximum absolute atomic E-state index is 6.07. The number of anilines is 1. The fourth-order valence-corrected chi connectivity index (χ4v) is 3.62. The van der Waals surface area contributed by atoms with Gasteiger partial charge in [0.25, 0.3) is 0 Å². The first-order chi connectivity index (χ1) is 11.7. The van der Waals surface area contributed by atoms with E-state index in [0.717, 1.165) is 32.0 Å². The van der Waals surface area contributed by atoms with Gasteiger partial charge in [0.05, 0.1) is 25.8 Å². The number of benzene rings is 1. The Bertz CT molecular complexity index is 654. The molecule has 0 saturated carbocycles. The highest BCUT2D eigenvalue weighted by Gasteiger charge is 2.23. The van der Waals surface area contributed by atoms with Gasteiger partial charge in [-0.3, -0.25) is 9.89 Å². The average Bonchev–Trinajstić information content (AvgIpc) is 3.12. The molecule has 0 spiro atoms. The van der Waals surface area contributed by atoms with E-state index >= 15 is 0 Å². The van der Waals surface area contributed by atoms with Crippen LogP contribution >= 0.6 is 35.3 Å². The Labute approximate surface area is 170 Å². The van der Waals surface area contributed by atoms with Crippen LogP contribution in [0.25, 0.3) is 0 Å². The Morgan fingerprint density at radius 2 is 2.00 bits per heavy atom. The Hall–Kier alpha value is -1.16. The van der Waals surface area contributed by atoms with Gasteiger partial charge in [-0.05, 0) is 30.5 Å². The lowest BCUT2D eigenvalue weighted by Crippen LogP contribution is -2.40. The smallest absolute Gasteiger partial charge is 0.193 e. The van der Waals surface area contributed by atoms with Crippen LogP contribution in [0, 0.1) is 6.92 Å². The molecule has 3 N–H and O–H groups in total. The zero-order valence-corrected chi connectivity index (χ0v) is 17.5. The number of aryl methyl sites for hydroxylation is 1. The zero-order valence-electron chi connectivity index (χ0n) is 14.4. The predicted octanol–water partition coefficient (Wildman–Crippen LogP) is 3.47. The number of hydrogen-bond acceptors (Lipinski definition) is 4. The molecule has 1 aliphatic heterocycles. The average molecular weight is 472 g/mol. The minimum absolute atomic E-state index is 0. The van der Waals surface area contributed by atoms with Crippen LogP contribution in [0.2, 0.25) is 0 Å². The van der Waals surface area contributed by atoms with Crippen LogP contribution in [0.1, 0.15) is 16.5 Å². The number of guanidine groups is 1. The van der Waals surface area contributed by atoms with E-state index < -0.39 is 0 Å². The van der Waals surface area contributed by atoms with Crippen molar-refractivity contribution in [1.29, 1.82) is 0 Å². The summed E-state index contributed by atoms with van der Waals surface area (Å²) in [7, 11) is 0. The van der Waals surface area contributed by atoms with Gasteiger partial charge in [-0.15, -0.1) is 35.3 Å². The molecule has 0 amide bonds. The minimum atomic E-state index is 0. The molecule has 1 aliphatic rings. The first-order valence-corrected chi connectivity index (χ1v) is 9.09. The Kier molecular flexibility index (Phi) is 8.14. The second kappa shape index (κ2) is 10.1. The van der Waals surface area contributed by atoms with Crippen LogP contribution < -0.4 is 11.1 Å². The highest BCUT2D eigenvalue weighted by Crippen LogP contribution is 2.26. The molecule has 5 nitrogen and oxygen atoms in total. The first kappa shape index (κ1) is 20.2. The van der Waals surface area contributed by atoms with Crippen LogP contribution in [0.5, 0.6) is 0 Å². The molecule has 1 fully saturated rings. The second-order valence-electron chi connectivity index (χ2n) is 5.90. The van der Waals surface area contributed by atoms with Crippen molar-refractivity contribution in [2.75, 3.05) is 38.2 Å². The second-order valence-corrected chi connectivity index (χ2v) is 6.88. The zero-order chi connectivity index (χ0) is 16.8. The Balaban J connectivity index is 0.00000225. The van der Waals surface area contributed by atoms with E-state index in [0.29, 0.717) is 12.5 Å². The maximum Gasteiger partial charge on any atom is 0.193 e. The summed E-state index contributed by atoms with van der Waals surface area (Å²) in [6, 6.07) is 12.6. The quantitative estimate of drug-likeness (QED) is 0.398. The molecule has 1 aromatic heterocycles. The van der Waals surface area contributed by atoms with E-state index in [4.69, 9.17) is 10.5 Å². The van der Waals surface area contributed by atoms with Crippen LogP contribution in [-0.4, -0.2) is 43.7 Å². The third kappa shape index (κ3) is 5.95. The van der Waals surface area contributed by atoms with Crippen LogP contribution in [-0.2, 0) is 4.74 Å². The van der Waals surface area contributed by atoms with Crippen molar-refractivity contribution in [3.05, 3.63) is 52.2 Å².